The van der Waals surface area contributed by atoms with Crippen LogP contribution in [0.15, 0.2) is 59.7 Å². The van der Waals surface area contributed by atoms with Gasteiger partial charge in [-0.2, -0.15) is 5.10 Å². The van der Waals surface area contributed by atoms with Crippen molar-refractivity contribution in [1.82, 2.24) is 5.43 Å². The minimum Gasteiger partial charge on any atom is -0.307 e. The zero-order chi connectivity index (χ0) is 14.4. The Balaban J connectivity index is 1.95. The monoisotopic (exact) mass is 287 g/mol. The average Bonchev–Trinajstić information content (AvgIpc) is 2.46. The van der Waals surface area contributed by atoms with Crippen LogP contribution in [0, 0.1) is 0 Å². The third-order valence-electron chi connectivity index (χ3n) is 2.62. The lowest BCUT2D eigenvalue weighted by Crippen LogP contribution is -2.25. The van der Waals surface area contributed by atoms with Gasteiger partial charge in [0, 0.05) is 10.7 Å². The van der Waals surface area contributed by atoms with Crippen LogP contribution >= 0.6 is 11.6 Å². The molecule has 0 saturated carbocycles. The molecule has 0 aliphatic rings. The SMILES string of the molecule is CC(=NNC(=O)Nc1ccccc1)c1ccc(Cl)cc1. The second-order valence-electron chi connectivity index (χ2n) is 4.14. The number of hydrogen-bond acceptors (Lipinski definition) is 2. The Bertz CT molecular complexity index is 609. The van der Waals surface area contributed by atoms with Gasteiger partial charge in [0.1, 0.15) is 0 Å². The highest BCUT2D eigenvalue weighted by atomic mass is 35.5. The van der Waals surface area contributed by atoms with Crippen molar-refractivity contribution in [3.05, 3.63) is 65.2 Å². The fourth-order valence-electron chi connectivity index (χ4n) is 1.57. The Kier molecular flexibility index (Phi) is 4.74. The van der Waals surface area contributed by atoms with Crippen molar-refractivity contribution >= 4 is 29.0 Å². The second kappa shape index (κ2) is 6.73. The number of hydrogen-bond donors (Lipinski definition) is 2. The fourth-order valence-corrected chi connectivity index (χ4v) is 1.70. The molecular formula is C15H14ClN3O. The molecule has 4 nitrogen and oxygen atoms in total. The maximum absolute atomic E-state index is 11.7. The van der Waals surface area contributed by atoms with E-state index in [9.17, 15) is 4.79 Å². The molecule has 0 saturated heterocycles. The van der Waals surface area contributed by atoms with Gasteiger partial charge in [0.25, 0.3) is 0 Å². The fraction of sp³-hybridized carbons (Fsp3) is 0.0667. The Labute approximate surface area is 122 Å². The van der Waals surface area contributed by atoms with Gasteiger partial charge in [-0.15, -0.1) is 0 Å². The number of halogens is 1. The van der Waals surface area contributed by atoms with Crippen LogP contribution in [0.1, 0.15) is 12.5 Å². The molecule has 0 aliphatic heterocycles. The van der Waals surface area contributed by atoms with Gasteiger partial charge in [-0.3, -0.25) is 0 Å². The molecule has 102 valence electrons. The van der Waals surface area contributed by atoms with Crippen LogP contribution in [0.3, 0.4) is 0 Å². The number of benzene rings is 2. The number of hydrazone groups is 1. The molecule has 2 N–H and O–H groups in total. The third kappa shape index (κ3) is 4.10. The van der Waals surface area contributed by atoms with Crippen LogP contribution in [0.5, 0.6) is 0 Å². The summed E-state index contributed by atoms with van der Waals surface area (Å²) in [5.74, 6) is 0. The van der Waals surface area contributed by atoms with E-state index >= 15 is 0 Å². The van der Waals surface area contributed by atoms with E-state index in [0.717, 1.165) is 5.56 Å². The van der Waals surface area contributed by atoms with E-state index in [1.807, 2.05) is 37.3 Å². The molecule has 2 aromatic rings. The lowest BCUT2D eigenvalue weighted by Gasteiger charge is -2.05. The molecule has 0 spiro atoms. The molecule has 0 bridgehead atoms. The molecule has 0 unspecified atom stereocenters. The molecule has 0 heterocycles. The summed E-state index contributed by atoms with van der Waals surface area (Å²) in [6.45, 7) is 1.81. The van der Waals surface area contributed by atoms with E-state index in [0.29, 0.717) is 16.4 Å². The molecule has 0 aromatic heterocycles. The smallest absolute Gasteiger partial charge is 0.307 e. The predicted molar refractivity (Wildman–Crippen MR) is 82.3 cm³/mol. The second-order valence-corrected chi connectivity index (χ2v) is 4.57. The molecule has 0 atom stereocenters. The summed E-state index contributed by atoms with van der Waals surface area (Å²) < 4.78 is 0. The van der Waals surface area contributed by atoms with E-state index in [1.54, 1.807) is 24.3 Å². The number of nitrogens with one attached hydrogen (secondary N) is 2. The van der Waals surface area contributed by atoms with E-state index < -0.39 is 0 Å². The summed E-state index contributed by atoms with van der Waals surface area (Å²) in [7, 11) is 0. The van der Waals surface area contributed by atoms with E-state index in [1.165, 1.54) is 0 Å². The molecule has 0 aliphatic carbocycles. The number of carbonyl (C=O) groups is 1. The number of urea groups is 1. The van der Waals surface area contributed by atoms with Crippen molar-refractivity contribution in [2.24, 2.45) is 5.10 Å². The quantitative estimate of drug-likeness (QED) is 0.653. The normalized spacial score (nSPS) is 11.0. The summed E-state index contributed by atoms with van der Waals surface area (Å²) in [4.78, 5) is 11.7. The summed E-state index contributed by atoms with van der Waals surface area (Å²) in [6, 6.07) is 16.0. The first kappa shape index (κ1) is 14.1. The average molecular weight is 288 g/mol. The van der Waals surface area contributed by atoms with Crippen molar-refractivity contribution < 1.29 is 4.79 Å². The highest BCUT2D eigenvalue weighted by molar-refractivity contribution is 6.30. The minimum absolute atomic E-state index is 0.385. The van der Waals surface area contributed by atoms with Crippen LogP contribution in [0.4, 0.5) is 10.5 Å². The van der Waals surface area contributed by atoms with Gasteiger partial charge in [-0.25, -0.2) is 10.2 Å². The topological polar surface area (TPSA) is 53.5 Å². The molecular weight excluding hydrogens is 274 g/mol. The minimum atomic E-state index is -0.385. The van der Waals surface area contributed by atoms with Gasteiger partial charge >= 0.3 is 6.03 Å². The number of para-hydroxylation sites is 1. The van der Waals surface area contributed by atoms with E-state index in [4.69, 9.17) is 11.6 Å². The summed E-state index contributed by atoms with van der Waals surface area (Å²) in [5.41, 5.74) is 4.76. The first-order valence-corrected chi connectivity index (χ1v) is 6.45. The van der Waals surface area contributed by atoms with Gasteiger partial charge in [0.2, 0.25) is 0 Å². The Morgan fingerprint density at radius 3 is 2.35 bits per heavy atom. The standard InChI is InChI=1S/C15H14ClN3O/c1-11(12-7-9-13(16)10-8-12)18-19-15(20)17-14-5-3-2-4-6-14/h2-10H,1H3,(H2,17,19,20). The van der Waals surface area contributed by atoms with E-state index in [2.05, 4.69) is 15.8 Å². The van der Waals surface area contributed by atoms with Gasteiger partial charge < -0.3 is 5.32 Å². The van der Waals surface area contributed by atoms with Gasteiger partial charge in [0.05, 0.1) is 5.71 Å². The molecule has 2 rings (SSSR count). The van der Waals surface area contributed by atoms with Crippen molar-refractivity contribution in [3.63, 3.8) is 0 Å². The van der Waals surface area contributed by atoms with Crippen LogP contribution in [0.2, 0.25) is 5.02 Å². The Morgan fingerprint density at radius 2 is 1.70 bits per heavy atom. The van der Waals surface area contributed by atoms with Gasteiger partial charge in [-0.05, 0) is 36.8 Å². The van der Waals surface area contributed by atoms with Crippen LogP contribution in [0.25, 0.3) is 0 Å². The lowest BCUT2D eigenvalue weighted by atomic mass is 10.1. The molecule has 0 fully saturated rings. The molecule has 20 heavy (non-hydrogen) atoms. The number of rotatable bonds is 3. The predicted octanol–water partition coefficient (Wildman–Crippen LogP) is 3.89. The van der Waals surface area contributed by atoms with Crippen molar-refractivity contribution in [2.75, 3.05) is 5.32 Å². The van der Waals surface area contributed by atoms with Crippen molar-refractivity contribution in [3.8, 4) is 0 Å². The number of nitrogens with zero attached hydrogens (tertiary/aromatic N) is 1. The van der Waals surface area contributed by atoms with Gasteiger partial charge in [-0.1, -0.05) is 41.9 Å². The highest BCUT2D eigenvalue weighted by Gasteiger charge is 2.01. The van der Waals surface area contributed by atoms with Crippen LogP contribution < -0.4 is 10.7 Å². The number of anilines is 1. The zero-order valence-corrected chi connectivity index (χ0v) is 11.7. The van der Waals surface area contributed by atoms with Crippen LogP contribution in [-0.4, -0.2) is 11.7 Å². The largest absolute Gasteiger partial charge is 0.339 e. The highest BCUT2D eigenvalue weighted by Crippen LogP contribution is 2.10. The Hall–Kier alpha value is -2.33. The summed E-state index contributed by atoms with van der Waals surface area (Å²) >= 11 is 5.81. The first-order valence-electron chi connectivity index (χ1n) is 6.07. The lowest BCUT2D eigenvalue weighted by molar-refractivity contribution is 0.252. The third-order valence-corrected chi connectivity index (χ3v) is 2.87. The van der Waals surface area contributed by atoms with Crippen molar-refractivity contribution in [1.29, 1.82) is 0 Å². The maximum Gasteiger partial charge on any atom is 0.339 e. The number of carbonyl (C=O) groups excluding carboxylic acids is 1. The van der Waals surface area contributed by atoms with E-state index in [-0.39, 0.29) is 6.03 Å². The zero-order valence-electron chi connectivity index (χ0n) is 10.9. The summed E-state index contributed by atoms with van der Waals surface area (Å²) in [6.07, 6.45) is 0. The Morgan fingerprint density at radius 1 is 1.05 bits per heavy atom. The first-order chi connectivity index (χ1) is 9.65. The maximum atomic E-state index is 11.7. The molecule has 2 aromatic carbocycles. The number of amides is 2. The molecule has 2 amide bonds. The molecule has 0 radical (unpaired) electrons. The van der Waals surface area contributed by atoms with Crippen LogP contribution in [-0.2, 0) is 0 Å². The van der Waals surface area contributed by atoms with Crippen molar-refractivity contribution in [2.45, 2.75) is 6.92 Å². The van der Waals surface area contributed by atoms with Gasteiger partial charge in [0.15, 0.2) is 0 Å². The summed E-state index contributed by atoms with van der Waals surface area (Å²) in [5, 5.41) is 7.37. The molecule has 5 heteroatoms.